The molecule has 0 aromatic rings. The molecular weight excluding hydrogens is 336 g/mol. The fourth-order valence-corrected chi connectivity index (χ4v) is 1.44. The van der Waals surface area contributed by atoms with Crippen LogP contribution in [0.5, 0.6) is 0 Å². The van der Waals surface area contributed by atoms with Gasteiger partial charge in [-0.3, -0.25) is 0 Å². The minimum absolute atomic E-state index is 0. The van der Waals surface area contributed by atoms with Crippen molar-refractivity contribution in [1.82, 2.24) is 0 Å². The van der Waals surface area contributed by atoms with Crippen molar-refractivity contribution >= 4 is 49.7 Å². The Kier molecular flexibility index (Phi) is 23.9. The van der Waals surface area contributed by atoms with E-state index in [2.05, 4.69) is 0 Å². The third-order valence-corrected chi connectivity index (χ3v) is 3.42. The van der Waals surface area contributed by atoms with Crippen molar-refractivity contribution in [1.29, 1.82) is 0 Å². The first-order valence-corrected chi connectivity index (χ1v) is 8.46. The molecule has 0 saturated heterocycles. The van der Waals surface area contributed by atoms with E-state index in [-0.39, 0.29) is 44.3 Å². The molecule has 0 unspecified atom stereocenters. The number of hydrogen-bond acceptors (Lipinski definition) is 5. The van der Waals surface area contributed by atoms with Crippen molar-refractivity contribution < 1.29 is 24.9 Å². The Morgan fingerprint density at radius 3 is 1.12 bits per heavy atom. The normalized spacial score (nSPS) is 10.3. The summed E-state index contributed by atoms with van der Waals surface area (Å²) in [5.41, 5.74) is -1.29. The van der Waals surface area contributed by atoms with Crippen molar-refractivity contribution in [2.24, 2.45) is 10.8 Å². The van der Waals surface area contributed by atoms with Gasteiger partial charge in [0.2, 0.25) is 0 Å². The number of carboxylic acids is 2. The van der Waals surface area contributed by atoms with E-state index in [0.29, 0.717) is 12.8 Å². The second-order valence-electron chi connectivity index (χ2n) is 6.87. The molecule has 5 nitrogen and oxygen atoms in total. The molecular formula is C18H36CaO5. The smallest absolute Gasteiger partial charge is 0.550 e. The molecule has 0 aromatic heterocycles. The third-order valence-electron chi connectivity index (χ3n) is 3.42. The number of carboxylic acid groups (broad SMARTS) is 2. The predicted molar refractivity (Wildman–Crippen MR) is 95.1 cm³/mol. The van der Waals surface area contributed by atoms with Crippen molar-refractivity contribution in [2.75, 3.05) is 6.61 Å². The average Bonchev–Trinajstić information content (AvgIpc) is 2.44. The number of carbonyl (C=O) groups is 2. The van der Waals surface area contributed by atoms with E-state index in [4.69, 9.17) is 5.11 Å². The Labute approximate surface area is 178 Å². The summed E-state index contributed by atoms with van der Waals surface area (Å²) in [7, 11) is 0. The zero-order chi connectivity index (χ0) is 19.1. The summed E-state index contributed by atoms with van der Waals surface area (Å²) >= 11 is 0. The van der Waals surface area contributed by atoms with Crippen LogP contribution in [-0.4, -0.2) is 61.4 Å². The van der Waals surface area contributed by atoms with E-state index < -0.39 is 22.8 Å². The van der Waals surface area contributed by atoms with Gasteiger partial charge in [-0.05, 0) is 19.8 Å². The zero-order valence-corrected chi connectivity index (χ0v) is 18.9. The fraction of sp³-hybridized carbons (Fsp3) is 0.889. The standard InChI is InChI=1S/2C8H16O2.C2H6O.Ca/c2*1-4-5-6-8(2,3)7(9)10;1-2-3;/h2*4-6H2,1-3H3,(H,9,10);3H,2H2,1H3;/q;;;+2/p-2. The summed E-state index contributed by atoms with van der Waals surface area (Å²) < 4.78 is 0. The molecule has 0 fully saturated rings. The van der Waals surface area contributed by atoms with Crippen LogP contribution < -0.4 is 10.2 Å². The predicted octanol–water partition coefficient (Wildman–Crippen LogP) is 1.52. The Morgan fingerprint density at radius 2 is 1.00 bits per heavy atom. The summed E-state index contributed by atoms with van der Waals surface area (Å²) in [6, 6.07) is 0. The van der Waals surface area contributed by atoms with Gasteiger partial charge in [0.25, 0.3) is 0 Å². The summed E-state index contributed by atoms with van der Waals surface area (Å²) in [4.78, 5) is 20.8. The van der Waals surface area contributed by atoms with Crippen LogP contribution in [0.15, 0.2) is 0 Å². The second-order valence-corrected chi connectivity index (χ2v) is 6.87. The van der Waals surface area contributed by atoms with Crippen LogP contribution in [0, 0.1) is 10.8 Å². The van der Waals surface area contributed by atoms with Gasteiger partial charge in [0, 0.05) is 29.4 Å². The van der Waals surface area contributed by atoms with Crippen LogP contribution in [0.1, 0.15) is 87.0 Å². The molecule has 0 aromatic carbocycles. The molecule has 0 atom stereocenters. The first kappa shape index (κ1) is 31.9. The van der Waals surface area contributed by atoms with Gasteiger partial charge >= 0.3 is 37.7 Å². The SMILES string of the molecule is CCCCC(C)(C)C(=O)[O-].CCCCC(C)(C)C(=O)[O-].CCO.[Ca+2]. The van der Waals surface area contributed by atoms with Gasteiger partial charge in [0.15, 0.2) is 0 Å². The van der Waals surface area contributed by atoms with Crippen molar-refractivity contribution in [3.63, 3.8) is 0 Å². The van der Waals surface area contributed by atoms with E-state index >= 15 is 0 Å². The number of aliphatic hydroxyl groups excluding tert-OH is 1. The molecule has 0 radical (unpaired) electrons. The number of carbonyl (C=O) groups excluding carboxylic acids is 2. The van der Waals surface area contributed by atoms with Crippen molar-refractivity contribution in [3.8, 4) is 0 Å². The monoisotopic (exact) mass is 372 g/mol. The average molecular weight is 373 g/mol. The molecule has 0 aliphatic carbocycles. The molecule has 0 rings (SSSR count). The zero-order valence-electron chi connectivity index (χ0n) is 16.7. The molecule has 0 aliphatic heterocycles. The summed E-state index contributed by atoms with van der Waals surface area (Å²) in [5, 5.41) is 28.4. The van der Waals surface area contributed by atoms with Crippen molar-refractivity contribution in [3.05, 3.63) is 0 Å². The van der Waals surface area contributed by atoms with Gasteiger partial charge in [0.1, 0.15) is 0 Å². The maximum Gasteiger partial charge on any atom is 2.00 e. The fourth-order valence-electron chi connectivity index (χ4n) is 1.44. The molecule has 140 valence electrons. The van der Waals surface area contributed by atoms with Crippen LogP contribution in [-0.2, 0) is 9.59 Å². The number of aliphatic hydroxyl groups is 1. The maximum absolute atomic E-state index is 10.4. The molecule has 0 spiro atoms. The Bertz CT molecular complexity index is 285. The Hall–Kier alpha value is 0.160. The van der Waals surface area contributed by atoms with E-state index in [1.54, 1.807) is 34.6 Å². The van der Waals surface area contributed by atoms with Crippen LogP contribution in [0.2, 0.25) is 0 Å². The van der Waals surface area contributed by atoms with Gasteiger partial charge in [-0.1, -0.05) is 67.2 Å². The minimum Gasteiger partial charge on any atom is -0.550 e. The van der Waals surface area contributed by atoms with Crippen LogP contribution in [0.3, 0.4) is 0 Å². The molecule has 0 bridgehead atoms. The molecule has 6 heteroatoms. The van der Waals surface area contributed by atoms with Crippen LogP contribution >= 0.6 is 0 Å². The molecule has 0 heterocycles. The largest absolute Gasteiger partial charge is 2.00 e. The number of hydrogen-bond donors (Lipinski definition) is 1. The minimum atomic E-state index is -0.944. The van der Waals surface area contributed by atoms with Gasteiger partial charge in [-0.25, -0.2) is 0 Å². The van der Waals surface area contributed by atoms with E-state index in [9.17, 15) is 19.8 Å². The van der Waals surface area contributed by atoms with Gasteiger partial charge in [-0.2, -0.15) is 0 Å². The van der Waals surface area contributed by atoms with E-state index in [1.165, 1.54) is 0 Å². The summed E-state index contributed by atoms with van der Waals surface area (Å²) in [6.45, 7) is 12.8. The number of aliphatic carboxylic acids is 2. The van der Waals surface area contributed by atoms with Gasteiger partial charge in [-0.15, -0.1) is 0 Å². The van der Waals surface area contributed by atoms with Gasteiger partial charge in [0.05, 0.1) is 0 Å². The van der Waals surface area contributed by atoms with Crippen LogP contribution in [0.25, 0.3) is 0 Å². The second kappa shape index (κ2) is 18.0. The first-order valence-electron chi connectivity index (χ1n) is 8.46. The van der Waals surface area contributed by atoms with Gasteiger partial charge < -0.3 is 24.9 Å². The summed E-state index contributed by atoms with van der Waals surface area (Å²) in [6.07, 6.45) is 5.42. The third kappa shape index (κ3) is 20.2. The Morgan fingerprint density at radius 1 is 0.792 bits per heavy atom. The van der Waals surface area contributed by atoms with Crippen LogP contribution in [0.4, 0.5) is 0 Å². The molecule has 1 N–H and O–H groups in total. The molecule has 0 amide bonds. The molecule has 0 aliphatic rings. The number of unbranched alkanes of at least 4 members (excludes halogenated alkanes) is 2. The first-order chi connectivity index (χ1) is 10.4. The summed E-state index contributed by atoms with van der Waals surface area (Å²) in [5.74, 6) is -1.89. The number of rotatable bonds is 8. The molecule has 0 saturated carbocycles. The Balaban J connectivity index is -0.000000138. The van der Waals surface area contributed by atoms with Crippen molar-refractivity contribution in [2.45, 2.75) is 87.0 Å². The topological polar surface area (TPSA) is 100 Å². The van der Waals surface area contributed by atoms with E-state index in [1.807, 2.05) is 13.8 Å². The van der Waals surface area contributed by atoms with E-state index in [0.717, 1.165) is 25.7 Å². The molecule has 24 heavy (non-hydrogen) atoms. The maximum atomic E-state index is 10.4. The quantitative estimate of drug-likeness (QED) is 0.651.